The molecule has 1 amide bonds. The number of hydrogen-bond acceptors (Lipinski definition) is 3. The molecule has 1 aromatic heterocycles. The summed E-state index contributed by atoms with van der Waals surface area (Å²) in [6.07, 6.45) is 1.90. The summed E-state index contributed by atoms with van der Waals surface area (Å²) in [5.41, 5.74) is -0.994. The van der Waals surface area contributed by atoms with E-state index in [-0.39, 0.29) is 0 Å². The zero-order valence-corrected chi connectivity index (χ0v) is 11.5. The Morgan fingerprint density at radius 2 is 2.00 bits per heavy atom. The van der Waals surface area contributed by atoms with Crippen LogP contribution in [0.3, 0.4) is 0 Å². The van der Waals surface area contributed by atoms with Crippen LogP contribution in [0.15, 0.2) is 18.3 Å². The number of aromatic nitrogens is 1. The molecule has 0 aliphatic rings. The third-order valence-electron chi connectivity index (χ3n) is 2.47. The Labute approximate surface area is 107 Å². The van der Waals surface area contributed by atoms with Gasteiger partial charge in [0.1, 0.15) is 11.1 Å². The van der Waals surface area contributed by atoms with Gasteiger partial charge in [-0.15, -0.1) is 0 Å². The van der Waals surface area contributed by atoms with Gasteiger partial charge in [-0.2, -0.15) is 0 Å². The van der Waals surface area contributed by atoms with E-state index in [2.05, 4.69) is 5.32 Å². The first kappa shape index (κ1) is 14.3. The maximum absolute atomic E-state index is 11.7. The van der Waals surface area contributed by atoms with Gasteiger partial charge < -0.3 is 19.4 Å². The fourth-order valence-corrected chi connectivity index (χ4v) is 1.67. The molecule has 0 saturated carbocycles. The van der Waals surface area contributed by atoms with Crippen LogP contribution in [0.25, 0.3) is 0 Å². The molecule has 0 fully saturated rings. The van der Waals surface area contributed by atoms with Crippen molar-refractivity contribution < 1.29 is 14.3 Å². The van der Waals surface area contributed by atoms with Crippen LogP contribution >= 0.6 is 0 Å². The van der Waals surface area contributed by atoms with Crippen LogP contribution in [0.4, 0.5) is 4.79 Å². The number of aldehydes is 1. The zero-order chi connectivity index (χ0) is 14.0. The minimum atomic E-state index is -1.10. The van der Waals surface area contributed by atoms with Crippen molar-refractivity contribution in [2.75, 3.05) is 0 Å². The smallest absolute Gasteiger partial charge is 0.408 e. The van der Waals surface area contributed by atoms with E-state index < -0.39 is 17.2 Å². The van der Waals surface area contributed by atoms with Crippen molar-refractivity contribution in [1.82, 2.24) is 9.88 Å². The van der Waals surface area contributed by atoms with Crippen LogP contribution in [0, 0.1) is 0 Å². The van der Waals surface area contributed by atoms with E-state index >= 15 is 0 Å². The lowest BCUT2D eigenvalue weighted by Gasteiger charge is -2.28. The molecule has 1 N–H and O–H groups in total. The van der Waals surface area contributed by atoms with Gasteiger partial charge in [-0.05, 0) is 39.8 Å². The van der Waals surface area contributed by atoms with Crippen molar-refractivity contribution >= 4 is 12.4 Å². The van der Waals surface area contributed by atoms with Gasteiger partial charge in [0, 0.05) is 13.2 Å². The minimum absolute atomic E-state index is 0.595. The van der Waals surface area contributed by atoms with Gasteiger partial charge in [-0.25, -0.2) is 4.79 Å². The lowest BCUT2D eigenvalue weighted by molar-refractivity contribution is -0.113. The highest BCUT2D eigenvalue weighted by atomic mass is 16.6. The maximum Gasteiger partial charge on any atom is 0.408 e. The molecular formula is C13H20N2O3. The molecule has 100 valence electrons. The molecule has 1 unspecified atom stereocenters. The average Bonchev–Trinajstić information content (AvgIpc) is 2.61. The van der Waals surface area contributed by atoms with Crippen LogP contribution < -0.4 is 5.32 Å². The number of hydrogen-bond donors (Lipinski definition) is 1. The van der Waals surface area contributed by atoms with E-state index in [1.165, 1.54) is 0 Å². The van der Waals surface area contributed by atoms with Gasteiger partial charge in [0.05, 0.1) is 5.69 Å². The highest BCUT2D eigenvalue weighted by molar-refractivity contribution is 5.77. The van der Waals surface area contributed by atoms with Crippen molar-refractivity contribution in [2.24, 2.45) is 7.05 Å². The quantitative estimate of drug-likeness (QED) is 0.837. The van der Waals surface area contributed by atoms with Gasteiger partial charge in [-0.1, -0.05) is 0 Å². The second-order valence-corrected chi connectivity index (χ2v) is 5.45. The fraction of sp³-hybridized carbons (Fsp3) is 0.538. The summed E-state index contributed by atoms with van der Waals surface area (Å²) in [5.74, 6) is 0. The van der Waals surface area contributed by atoms with Crippen molar-refractivity contribution in [3.63, 3.8) is 0 Å². The molecule has 0 aliphatic heterocycles. The van der Waals surface area contributed by atoms with E-state index in [0.717, 1.165) is 0 Å². The minimum Gasteiger partial charge on any atom is -0.444 e. The molecule has 0 spiro atoms. The number of carbonyl (C=O) groups is 2. The third kappa shape index (κ3) is 3.35. The van der Waals surface area contributed by atoms with E-state index in [9.17, 15) is 9.59 Å². The molecule has 18 heavy (non-hydrogen) atoms. The van der Waals surface area contributed by atoms with Crippen LogP contribution in [-0.4, -0.2) is 22.5 Å². The van der Waals surface area contributed by atoms with E-state index in [1.807, 2.05) is 19.3 Å². The molecule has 1 atom stereocenters. The molecule has 5 nitrogen and oxygen atoms in total. The Balaban J connectivity index is 2.88. The topological polar surface area (TPSA) is 60.3 Å². The Bertz CT molecular complexity index is 445. The van der Waals surface area contributed by atoms with Crippen molar-refractivity contribution in [1.29, 1.82) is 0 Å². The Hall–Kier alpha value is -1.78. The van der Waals surface area contributed by atoms with E-state index in [0.29, 0.717) is 12.0 Å². The standard InChI is InChI=1S/C13H20N2O3/c1-12(2,3)18-11(17)14-13(4,9-16)10-7-6-8-15(10)5/h6-9H,1-5H3,(H,14,17). The molecule has 1 heterocycles. The molecule has 0 aromatic carbocycles. The Kier molecular flexibility index (Phi) is 3.84. The molecule has 1 aromatic rings. The predicted molar refractivity (Wildman–Crippen MR) is 68.2 cm³/mol. The average molecular weight is 252 g/mol. The normalized spacial score (nSPS) is 14.7. The third-order valence-corrected chi connectivity index (χ3v) is 2.47. The lowest BCUT2D eigenvalue weighted by atomic mass is 10.0. The van der Waals surface area contributed by atoms with Gasteiger partial charge in [0.2, 0.25) is 0 Å². The van der Waals surface area contributed by atoms with Gasteiger partial charge in [-0.3, -0.25) is 0 Å². The molecule has 0 bridgehead atoms. The van der Waals surface area contributed by atoms with Crippen LogP contribution in [0.2, 0.25) is 0 Å². The summed E-state index contributed by atoms with van der Waals surface area (Å²) in [7, 11) is 1.81. The highest BCUT2D eigenvalue weighted by Crippen LogP contribution is 2.19. The number of nitrogens with zero attached hydrogens (tertiary/aromatic N) is 1. The Morgan fingerprint density at radius 3 is 2.39 bits per heavy atom. The first-order valence-corrected chi connectivity index (χ1v) is 5.77. The largest absolute Gasteiger partial charge is 0.444 e. The van der Waals surface area contributed by atoms with Crippen molar-refractivity contribution in [2.45, 2.75) is 38.8 Å². The molecule has 5 heteroatoms. The molecule has 0 aliphatic carbocycles. The Morgan fingerprint density at radius 1 is 1.39 bits per heavy atom. The zero-order valence-electron chi connectivity index (χ0n) is 11.5. The fourth-order valence-electron chi connectivity index (χ4n) is 1.67. The van der Waals surface area contributed by atoms with E-state index in [4.69, 9.17) is 4.74 Å². The number of ether oxygens (including phenoxy) is 1. The van der Waals surface area contributed by atoms with Gasteiger partial charge in [0.15, 0.2) is 6.29 Å². The second kappa shape index (κ2) is 4.84. The lowest BCUT2D eigenvalue weighted by Crippen LogP contribution is -2.47. The molecule has 0 saturated heterocycles. The van der Waals surface area contributed by atoms with Crippen molar-refractivity contribution in [3.05, 3.63) is 24.0 Å². The molecular weight excluding hydrogens is 232 g/mol. The summed E-state index contributed by atoms with van der Waals surface area (Å²) in [6, 6.07) is 3.60. The molecule has 0 radical (unpaired) electrons. The van der Waals surface area contributed by atoms with Crippen molar-refractivity contribution in [3.8, 4) is 0 Å². The first-order valence-electron chi connectivity index (χ1n) is 5.77. The SMILES string of the molecule is Cn1cccc1C(C)(C=O)NC(=O)OC(C)(C)C. The number of rotatable bonds is 3. The summed E-state index contributed by atoms with van der Waals surface area (Å²) in [5, 5.41) is 2.59. The van der Waals surface area contributed by atoms with Crippen LogP contribution in [0.1, 0.15) is 33.4 Å². The number of carbonyl (C=O) groups excluding carboxylic acids is 2. The van der Waals surface area contributed by atoms with Gasteiger partial charge >= 0.3 is 6.09 Å². The van der Waals surface area contributed by atoms with E-state index in [1.54, 1.807) is 38.3 Å². The first-order chi connectivity index (χ1) is 8.18. The van der Waals surface area contributed by atoms with Crippen LogP contribution in [-0.2, 0) is 22.1 Å². The summed E-state index contributed by atoms with van der Waals surface area (Å²) >= 11 is 0. The predicted octanol–water partition coefficient (Wildman–Crippen LogP) is 1.96. The number of nitrogens with one attached hydrogen (secondary N) is 1. The number of amides is 1. The summed E-state index contributed by atoms with van der Waals surface area (Å²) in [4.78, 5) is 23.0. The number of aryl methyl sites for hydroxylation is 1. The van der Waals surface area contributed by atoms with Gasteiger partial charge in [0.25, 0.3) is 0 Å². The number of alkyl carbamates (subject to hydrolysis) is 1. The molecule has 1 rings (SSSR count). The highest BCUT2D eigenvalue weighted by Gasteiger charge is 2.32. The maximum atomic E-state index is 11.7. The summed E-state index contributed by atoms with van der Waals surface area (Å²) < 4.78 is 6.94. The summed E-state index contributed by atoms with van der Waals surface area (Å²) in [6.45, 7) is 6.95. The van der Waals surface area contributed by atoms with Crippen LogP contribution in [0.5, 0.6) is 0 Å². The second-order valence-electron chi connectivity index (χ2n) is 5.45. The monoisotopic (exact) mass is 252 g/mol.